The normalized spacial score (nSPS) is 25.0. The van der Waals surface area contributed by atoms with Gasteiger partial charge in [-0.15, -0.1) is 0 Å². The van der Waals surface area contributed by atoms with Crippen molar-refractivity contribution in [3.8, 4) is 0 Å². The Morgan fingerprint density at radius 1 is 1.39 bits per heavy atom. The Kier molecular flexibility index (Phi) is 4.93. The number of nitrogens with zero attached hydrogens (tertiary/aromatic N) is 2. The first kappa shape index (κ1) is 16.4. The molecule has 1 aromatic rings. The molecule has 3 rings (SSSR count). The fraction of sp³-hybridized carbons (Fsp3) is 0.600. The largest absolute Gasteiger partial charge is 0.377 e. The van der Waals surface area contributed by atoms with Crippen molar-refractivity contribution in [2.24, 2.45) is 0 Å². The highest BCUT2D eigenvalue weighted by atomic mass is 32.2. The minimum Gasteiger partial charge on any atom is -0.377 e. The molecule has 8 heteroatoms. The van der Waals surface area contributed by atoms with E-state index < -0.39 is 10.0 Å². The van der Waals surface area contributed by atoms with Gasteiger partial charge in [-0.1, -0.05) is 6.07 Å². The highest BCUT2D eigenvalue weighted by molar-refractivity contribution is 7.89. The first-order chi connectivity index (χ1) is 11.0. The van der Waals surface area contributed by atoms with E-state index in [-0.39, 0.29) is 23.8 Å². The second-order valence-corrected chi connectivity index (χ2v) is 7.78. The van der Waals surface area contributed by atoms with E-state index in [2.05, 4.69) is 9.71 Å². The number of ether oxygens (including phenoxy) is 1. The zero-order chi connectivity index (χ0) is 16.3. The molecule has 2 fully saturated rings. The van der Waals surface area contributed by atoms with E-state index in [1.807, 2.05) is 0 Å². The predicted molar refractivity (Wildman–Crippen MR) is 84.4 cm³/mol. The molecule has 2 saturated heterocycles. The number of sulfonamides is 1. The van der Waals surface area contributed by atoms with Crippen LogP contribution in [-0.2, 0) is 14.8 Å². The van der Waals surface area contributed by atoms with Gasteiger partial charge in [-0.05, 0) is 31.4 Å². The van der Waals surface area contributed by atoms with Gasteiger partial charge in [0.15, 0.2) is 0 Å². The lowest BCUT2D eigenvalue weighted by molar-refractivity contribution is 0.0784. The molecule has 3 heterocycles. The lowest BCUT2D eigenvalue weighted by Gasteiger charge is -2.17. The number of hydrogen-bond donors (Lipinski definition) is 1. The Hall–Kier alpha value is -1.51. The summed E-state index contributed by atoms with van der Waals surface area (Å²) < 4.78 is 32.4. The van der Waals surface area contributed by atoms with Crippen molar-refractivity contribution in [1.82, 2.24) is 14.6 Å². The molecule has 126 valence electrons. The van der Waals surface area contributed by atoms with E-state index in [9.17, 15) is 13.2 Å². The number of amides is 1. The quantitative estimate of drug-likeness (QED) is 0.838. The van der Waals surface area contributed by atoms with Crippen molar-refractivity contribution >= 4 is 15.9 Å². The number of carbonyl (C=O) groups is 1. The summed E-state index contributed by atoms with van der Waals surface area (Å²) in [6.07, 6.45) is 3.68. The topological polar surface area (TPSA) is 88.6 Å². The van der Waals surface area contributed by atoms with Gasteiger partial charge in [0.1, 0.15) is 5.69 Å². The lowest BCUT2D eigenvalue weighted by Crippen LogP contribution is -2.41. The van der Waals surface area contributed by atoms with E-state index in [0.29, 0.717) is 31.8 Å². The van der Waals surface area contributed by atoms with Gasteiger partial charge in [0.05, 0.1) is 11.9 Å². The van der Waals surface area contributed by atoms with Crippen LogP contribution in [0.2, 0.25) is 0 Å². The summed E-state index contributed by atoms with van der Waals surface area (Å²) in [5.74, 6) is -0.163. The lowest BCUT2D eigenvalue weighted by atomic mass is 10.3. The van der Waals surface area contributed by atoms with Gasteiger partial charge in [-0.2, -0.15) is 0 Å². The maximum atomic E-state index is 12.3. The second-order valence-electron chi connectivity index (χ2n) is 5.99. The Morgan fingerprint density at radius 2 is 2.26 bits per heavy atom. The van der Waals surface area contributed by atoms with E-state index in [0.717, 1.165) is 12.8 Å². The number of hydrogen-bond acceptors (Lipinski definition) is 5. The summed E-state index contributed by atoms with van der Waals surface area (Å²) in [5.41, 5.74) is 0.385. The molecular formula is C15H21N3O4S. The van der Waals surface area contributed by atoms with Gasteiger partial charge in [0.2, 0.25) is 10.0 Å². The minimum atomic E-state index is -3.39. The maximum absolute atomic E-state index is 12.3. The molecule has 2 aliphatic heterocycles. The van der Waals surface area contributed by atoms with Crippen LogP contribution in [0.15, 0.2) is 24.4 Å². The van der Waals surface area contributed by atoms with Crippen molar-refractivity contribution in [2.45, 2.75) is 31.4 Å². The molecule has 0 aliphatic carbocycles. The van der Waals surface area contributed by atoms with E-state index in [4.69, 9.17) is 4.74 Å². The van der Waals surface area contributed by atoms with Crippen LogP contribution in [0.5, 0.6) is 0 Å². The molecule has 0 radical (unpaired) electrons. The fourth-order valence-corrected chi connectivity index (χ4v) is 4.56. The van der Waals surface area contributed by atoms with Crippen molar-refractivity contribution in [3.05, 3.63) is 30.1 Å². The SMILES string of the molecule is O=C(c1ccccn1)N1CCC(NS(=O)(=O)CC2CCCO2)C1. The summed E-state index contributed by atoms with van der Waals surface area (Å²) >= 11 is 0. The van der Waals surface area contributed by atoms with Crippen LogP contribution in [0.25, 0.3) is 0 Å². The molecule has 1 N–H and O–H groups in total. The standard InChI is InChI=1S/C15H21N3O4S/c19-15(14-5-1-2-7-16-14)18-8-6-12(10-18)17-23(20,21)11-13-4-3-9-22-13/h1-2,5,7,12-13,17H,3-4,6,8-11H2. The zero-order valence-electron chi connectivity index (χ0n) is 12.8. The Morgan fingerprint density at radius 3 is 2.96 bits per heavy atom. The molecule has 0 bridgehead atoms. The summed E-state index contributed by atoms with van der Waals surface area (Å²) in [5, 5.41) is 0. The van der Waals surface area contributed by atoms with Crippen LogP contribution in [0.1, 0.15) is 29.8 Å². The molecule has 1 aromatic heterocycles. The molecule has 2 unspecified atom stereocenters. The van der Waals surface area contributed by atoms with Crippen LogP contribution < -0.4 is 4.72 Å². The third kappa shape index (κ3) is 4.27. The van der Waals surface area contributed by atoms with Gasteiger partial charge in [-0.3, -0.25) is 9.78 Å². The molecule has 23 heavy (non-hydrogen) atoms. The summed E-state index contributed by atoms with van der Waals surface area (Å²) in [6.45, 7) is 1.54. The maximum Gasteiger partial charge on any atom is 0.272 e. The number of carbonyl (C=O) groups excluding carboxylic acids is 1. The highest BCUT2D eigenvalue weighted by Crippen LogP contribution is 2.16. The molecule has 2 atom stereocenters. The molecular weight excluding hydrogens is 318 g/mol. The average Bonchev–Trinajstić information content (AvgIpc) is 3.18. The number of aromatic nitrogens is 1. The van der Waals surface area contributed by atoms with Crippen LogP contribution >= 0.6 is 0 Å². The predicted octanol–water partition coefficient (Wildman–Crippen LogP) is 0.395. The van der Waals surface area contributed by atoms with Gasteiger partial charge < -0.3 is 9.64 Å². The van der Waals surface area contributed by atoms with Crippen molar-refractivity contribution in [2.75, 3.05) is 25.4 Å². The third-order valence-corrected chi connectivity index (χ3v) is 5.64. The second kappa shape index (κ2) is 6.94. The molecule has 2 aliphatic rings. The number of rotatable bonds is 5. The van der Waals surface area contributed by atoms with Crippen molar-refractivity contribution in [3.63, 3.8) is 0 Å². The average molecular weight is 339 g/mol. The smallest absolute Gasteiger partial charge is 0.272 e. The van der Waals surface area contributed by atoms with Crippen LogP contribution in [0.3, 0.4) is 0 Å². The summed E-state index contributed by atoms with van der Waals surface area (Å²) in [6, 6.07) is 4.94. The summed E-state index contributed by atoms with van der Waals surface area (Å²) in [4.78, 5) is 18.0. The molecule has 0 saturated carbocycles. The number of likely N-dealkylation sites (tertiary alicyclic amines) is 1. The molecule has 1 amide bonds. The van der Waals surface area contributed by atoms with E-state index in [1.54, 1.807) is 29.3 Å². The van der Waals surface area contributed by atoms with E-state index in [1.165, 1.54) is 0 Å². The monoisotopic (exact) mass is 339 g/mol. The minimum absolute atomic E-state index is 0.00229. The van der Waals surface area contributed by atoms with Crippen LogP contribution in [0, 0.1) is 0 Å². The molecule has 0 aromatic carbocycles. The molecule has 0 spiro atoms. The Labute approximate surface area is 136 Å². The van der Waals surface area contributed by atoms with Gasteiger partial charge in [-0.25, -0.2) is 13.1 Å². The highest BCUT2D eigenvalue weighted by Gasteiger charge is 2.31. The Balaban J connectivity index is 1.54. The number of nitrogens with one attached hydrogen (secondary N) is 1. The third-order valence-electron chi connectivity index (χ3n) is 4.14. The number of pyridine rings is 1. The van der Waals surface area contributed by atoms with Gasteiger partial charge in [0, 0.05) is 31.9 Å². The van der Waals surface area contributed by atoms with Crippen LogP contribution in [0.4, 0.5) is 0 Å². The molecule has 7 nitrogen and oxygen atoms in total. The Bertz CT molecular complexity index is 644. The fourth-order valence-electron chi connectivity index (χ4n) is 3.01. The van der Waals surface area contributed by atoms with Gasteiger partial charge >= 0.3 is 0 Å². The summed E-state index contributed by atoms with van der Waals surface area (Å²) in [7, 11) is -3.39. The van der Waals surface area contributed by atoms with Crippen molar-refractivity contribution < 1.29 is 17.9 Å². The van der Waals surface area contributed by atoms with E-state index >= 15 is 0 Å². The van der Waals surface area contributed by atoms with Gasteiger partial charge in [0.25, 0.3) is 5.91 Å². The zero-order valence-corrected chi connectivity index (χ0v) is 13.7. The van der Waals surface area contributed by atoms with Crippen LogP contribution in [-0.4, -0.2) is 61.8 Å². The first-order valence-corrected chi connectivity index (χ1v) is 9.51. The first-order valence-electron chi connectivity index (χ1n) is 7.85. The van der Waals surface area contributed by atoms with Crippen molar-refractivity contribution in [1.29, 1.82) is 0 Å².